The molecule has 0 bridgehead atoms. The summed E-state index contributed by atoms with van der Waals surface area (Å²) in [4.78, 5) is 12.0. The fourth-order valence-corrected chi connectivity index (χ4v) is 3.35. The zero-order valence-electron chi connectivity index (χ0n) is 13.1. The maximum Gasteiger partial charge on any atom is 0.234 e. The van der Waals surface area contributed by atoms with E-state index in [1.807, 2.05) is 36.4 Å². The third-order valence-corrected chi connectivity index (χ3v) is 4.78. The Morgan fingerprint density at radius 3 is 2.78 bits per heavy atom. The minimum Gasteiger partial charge on any atom is -0.493 e. The van der Waals surface area contributed by atoms with Gasteiger partial charge in [0.1, 0.15) is 5.75 Å². The van der Waals surface area contributed by atoms with Crippen LogP contribution in [0.1, 0.15) is 17.5 Å². The Labute approximate surface area is 141 Å². The zero-order chi connectivity index (χ0) is 15.9. The van der Waals surface area contributed by atoms with E-state index in [9.17, 15) is 4.79 Å². The highest BCUT2D eigenvalue weighted by atomic mass is 32.2. The lowest BCUT2D eigenvalue weighted by molar-refractivity contribution is -0.113. The standard InChI is InChI=1S/C19H21NO2S/c21-19(14-23-12-11-22-18-7-2-1-3-8-18)20-17-10-9-15-5-4-6-16(15)13-17/h1-3,7-10,13H,4-6,11-12,14H2,(H,20,21). The van der Waals surface area contributed by atoms with Gasteiger partial charge in [0.05, 0.1) is 12.4 Å². The van der Waals surface area contributed by atoms with Crippen molar-refractivity contribution in [3.63, 3.8) is 0 Å². The monoisotopic (exact) mass is 327 g/mol. The van der Waals surface area contributed by atoms with Crippen molar-refractivity contribution in [1.29, 1.82) is 0 Å². The molecule has 1 N–H and O–H groups in total. The van der Waals surface area contributed by atoms with Gasteiger partial charge in [-0.05, 0) is 54.7 Å². The van der Waals surface area contributed by atoms with Crippen molar-refractivity contribution in [2.75, 3.05) is 23.4 Å². The lowest BCUT2D eigenvalue weighted by atomic mass is 10.1. The van der Waals surface area contributed by atoms with Crippen LogP contribution in [0.5, 0.6) is 5.75 Å². The van der Waals surface area contributed by atoms with E-state index in [4.69, 9.17) is 4.74 Å². The van der Waals surface area contributed by atoms with Crippen LogP contribution in [-0.2, 0) is 17.6 Å². The van der Waals surface area contributed by atoms with Gasteiger partial charge in [-0.2, -0.15) is 0 Å². The lowest BCUT2D eigenvalue weighted by Crippen LogP contribution is -2.15. The Balaban J connectivity index is 1.35. The molecule has 1 aliphatic carbocycles. The third kappa shape index (κ3) is 4.76. The number of ether oxygens (including phenoxy) is 1. The van der Waals surface area contributed by atoms with Crippen LogP contribution in [0.3, 0.4) is 0 Å². The molecule has 0 fully saturated rings. The normalized spacial score (nSPS) is 12.7. The number of carbonyl (C=O) groups excluding carboxylic acids is 1. The molecule has 1 amide bonds. The summed E-state index contributed by atoms with van der Waals surface area (Å²) in [7, 11) is 0. The van der Waals surface area contributed by atoms with E-state index in [0.29, 0.717) is 12.4 Å². The number of hydrogen-bond donors (Lipinski definition) is 1. The fourth-order valence-electron chi connectivity index (χ4n) is 2.75. The molecule has 0 spiro atoms. The van der Waals surface area contributed by atoms with E-state index in [1.54, 1.807) is 11.8 Å². The van der Waals surface area contributed by atoms with Crippen molar-refractivity contribution in [2.45, 2.75) is 19.3 Å². The van der Waals surface area contributed by atoms with Crippen LogP contribution in [0.4, 0.5) is 5.69 Å². The summed E-state index contributed by atoms with van der Waals surface area (Å²) in [6.45, 7) is 0.612. The average molecular weight is 327 g/mol. The largest absolute Gasteiger partial charge is 0.493 e. The molecule has 0 atom stereocenters. The van der Waals surface area contributed by atoms with Gasteiger partial charge < -0.3 is 10.1 Å². The number of fused-ring (bicyclic) bond motifs is 1. The maximum atomic E-state index is 12.0. The number of anilines is 1. The molecule has 0 radical (unpaired) electrons. The first-order valence-corrected chi connectivity index (χ1v) is 9.14. The van der Waals surface area contributed by atoms with Gasteiger partial charge in [0.15, 0.2) is 0 Å². The highest BCUT2D eigenvalue weighted by Crippen LogP contribution is 2.24. The maximum absolute atomic E-state index is 12.0. The molecule has 0 aromatic heterocycles. The molecule has 23 heavy (non-hydrogen) atoms. The van der Waals surface area contributed by atoms with Crippen LogP contribution >= 0.6 is 11.8 Å². The second-order valence-electron chi connectivity index (χ2n) is 5.60. The van der Waals surface area contributed by atoms with Gasteiger partial charge in [0, 0.05) is 11.4 Å². The molecule has 4 heteroatoms. The molecule has 0 aliphatic heterocycles. The number of aryl methyl sites for hydroxylation is 2. The van der Waals surface area contributed by atoms with Crippen molar-refractivity contribution in [1.82, 2.24) is 0 Å². The Hall–Kier alpha value is -1.94. The summed E-state index contributed by atoms with van der Waals surface area (Å²) in [5.41, 5.74) is 3.72. The van der Waals surface area contributed by atoms with Crippen LogP contribution < -0.4 is 10.1 Å². The van der Waals surface area contributed by atoms with Crippen LogP contribution in [-0.4, -0.2) is 24.0 Å². The SMILES string of the molecule is O=C(CSCCOc1ccccc1)Nc1ccc2c(c1)CCC2. The Morgan fingerprint density at radius 1 is 1.09 bits per heavy atom. The van der Waals surface area contributed by atoms with Crippen molar-refractivity contribution in [3.8, 4) is 5.75 Å². The van der Waals surface area contributed by atoms with Gasteiger partial charge in [-0.15, -0.1) is 11.8 Å². The second kappa shape index (κ2) is 8.06. The average Bonchev–Trinajstić information content (AvgIpc) is 3.03. The molecule has 3 nitrogen and oxygen atoms in total. The van der Waals surface area contributed by atoms with Gasteiger partial charge in [-0.25, -0.2) is 0 Å². The zero-order valence-corrected chi connectivity index (χ0v) is 13.9. The van der Waals surface area contributed by atoms with E-state index >= 15 is 0 Å². The molecular weight excluding hydrogens is 306 g/mol. The highest BCUT2D eigenvalue weighted by molar-refractivity contribution is 7.99. The summed E-state index contributed by atoms with van der Waals surface area (Å²) in [6, 6.07) is 16.0. The Morgan fingerprint density at radius 2 is 1.91 bits per heavy atom. The van der Waals surface area contributed by atoms with Crippen molar-refractivity contribution in [3.05, 3.63) is 59.7 Å². The highest BCUT2D eigenvalue weighted by Gasteiger charge is 2.11. The van der Waals surface area contributed by atoms with E-state index in [2.05, 4.69) is 17.4 Å². The Bertz CT molecular complexity index is 658. The number of nitrogens with one attached hydrogen (secondary N) is 1. The van der Waals surface area contributed by atoms with E-state index in [1.165, 1.54) is 24.0 Å². The van der Waals surface area contributed by atoms with E-state index in [-0.39, 0.29) is 5.91 Å². The van der Waals surface area contributed by atoms with Crippen LogP contribution in [0, 0.1) is 0 Å². The van der Waals surface area contributed by atoms with Crippen molar-refractivity contribution < 1.29 is 9.53 Å². The van der Waals surface area contributed by atoms with E-state index < -0.39 is 0 Å². The number of rotatable bonds is 7. The summed E-state index contributed by atoms with van der Waals surface area (Å²) in [5.74, 6) is 2.17. The van der Waals surface area contributed by atoms with Gasteiger partial charge in [0.2, 0.25) is 5.91 Å². The first kappa shape index (κ1) is 15.9. The van der Waals surface area contributed by atoms with Crippen LogP contribution in [0.2, 0.25) is 0 Å². The van der Waals surface area contributed by atoms with Gasteiger partial charge >= 0.3 is 0 Å². The summed E-state index contributed by atoms with van der Waals surface area (Å²) >= 11 is 1.59. The smallest absolute Gasteiger partial charge is 0.234 e. The molecule has 0 saturated heterocycles. The number of para-hydroxylation sites is 1. The number of amides is 1. The second-order valence-corrected chi connectivity index (χ2v) is 6.70. The summed E-state index contributed by atoms with van der Waals surface area (Å²) in [5, 5.41) is 2.98. The molecule has 2 aromatic carbocycles. The van der Waals surface area contributed by atoms with E-state index in [0.717, 1.165) is 23.6 Å². The van der Waals surface area contributed by atoms with Crippen LogP contribution in [0.15, 0.2) is 48.5 Å². The first-order chi connectivity index (χ1) is 11.3. The number of hydrogen-bond acceptors (Lipinski definition) is 3. The van der Waals surface area contributed by atoms with Crippen LogP contribution in [0.25, 0.3) is 0 Å². The number of carbonyl (C=O) groups is 1. The molecule has 0 unspecified atom stereocenters. The fraction of sp³-hybridized carbons (Fsp3) is 0.316. The summed E-state index contributed by atoms with van der Waals surface area (Å²) < 4.78 is 5.60. The molecular formula is C19H21NO2S. The number of thioether (sulfide) groups is 1. The predicted molar refractivity (Wildman–Crippen MR) is 96.4 cm³/mol. The van der Waals surface area contributed by atoms with Gasteiger partial charge in [-0.3, -0.25) is 4.79 Å². The first-order valence-electron chi connectivity index (χ1n) is 7.98. The van der Waals surface area contributed by atoms with Gasteiger partial charge in [0.25, 0.3) is 0 Å². The molecule has 3 rings (SSSR count). The molecule has 1 aliphatic rings. The summed E-state index contributed by atoms with van der Waals surface area (Å²) in [6.07, 6.45) is 3.52. The van der Waals surface area contributed by atoms with Gasteiger partial charge in [-0.1, -0.05) is 24.3 Å². The quantitative estimate of drug-likeness (QED) is 0.783. The topological polar surface area (TPSA) is 38.3 Å². The molecule has 0 saturated carbocycles. The molecule has 0 heterocycles. The lowest BCUT2D eigenvalue weighted by Gasteiger charge is -2.08. The van der Waals surface area contributed by atoms with Crippen molar-refractivity contribution >= 4 is 23.4 Å². The third-order valence-electron chi connectivity index (χ3n) is 3.86. The number of benzene rings is 2. The molecule has 120 valence electrons. The predicted octanol–water partition coefficient (Wildman–Crippen LogP) is 3.93. The van der Waals surface area contributed by atoms with Crippen molar-refractivity contribution in [2.24, 2.45) is 0 Å². The molecule has 2 aromatic rings. The Kier molecular flexibility index (Phi) is 5.59. The minimum absolute atomic E-state index is 0.0488. The minimum atomic E-state index is 0.0488.